The van der Waals surface area contributed by atoms with E-state index in [-0.39, 0.29) is 11.4 Å². The summed E-state index contributed by atoms with van der Waals surface area (Å²) in [5.41, 5.74) is 2.07. The van der Waals surface area contributed by atoms with Crippen LogP contribution in [0, 0.1) is 12.7 Å². The Labute approximate surface area is 149 Å². The van der Waals surface area contributed by atoms with Gasteiger partial charge in [-0.05, 0) is 31.2 Å². The first kappa shape index (κ1) is 16.0. The lowest BCUT2D eigenvalue weighted by atomic mass is 10.2. The van der Waals surface area contributed by atoms with Gasteiger partial charge < -0.3 is 4.42 Å². The van der Waals surface area contributed by atoms with Crippen LogP contribution < -0.4 is 5.56 Å². The summed E-state index contributed by atoms with van der Waals surface area (Å²) in [4.78, 5) is 17.3. The van der Waals surface area contributed by atoms with Crippen molar-refractivity contribution < 1.29 is 8.81 Å². The van der Waals surface area contributed by atoms with Crippen LogP contribution in [0.2, 0.25) is 0 Å². The maximum Gasteiger partial charge on any atom is 0.277 e. The van der Waals surface area contributed by atoms with Crippen LogP contribution in [0.3, 0.4) is 0 Å². The molecule has 0 saturated heterocycles. The number of thiazole rings is 1. The number of hydrogen-bond acceptors (Lipinski definition) is 7. The average Bonchev–Trinajstić information content (AvgIpc) is 3.21. The highest BCUT2D eigenvalue weighted by Crippen LogP contribution is 2.25. The van der Waals surface area contributed by atoms with E-state index in [1.165, 1.54) is 41.3 Å². The monoisotopic (exact) mass is 374 g/mol. The summed E-state index contributed by atoms with van der Waals surface area (Å²) in [7, 11) is 0. The molecule has 126 valence electrons. The Hall–Kier alpha value is -2.52. The molecule has 0 unspecified atom stereocenters. The third-order valence-electron chi connectivity index (χ3n) is 3.47. The third-order valence-corrected chi connectivity index (χ3v) is 5.27. The molecule has 0 spiro atoms. The number of rotatable bonds is 4. The van der Waals surface area contributed by atoms with Crippen molar-refractivity contribution in [1.82, 2.24) is 19.6 Å². The molecule has 3 aromatic heterocycles. The van der Waals surface area contributed by atoms with E-state index in [2.05, 4.69) is 15.2 Å². The van der Waals surface area contributed by atoms with E-state index in [0.29, 0.717) is 33.1 Å². The Kier molecular flexibility index (Phi) is 4.10. The van der Waals surface area contributed by atoms with E-state index in [0.717, 1.165) is 5.69 Å². The maximum atomic E-state index is 13.0. The van der Waals surface area contributed by atoms with Crippen LogP contribution in [-0.2, 0) is 5.75 Å². The van der Waals surface area contributed by atoms with Crippen molar-refractivity contribution >= 4 is 28.1 Å². The topological polar surface area (TPSA) is 73.3 Å². The minimum atomic E-state index is -0.325. The second-order valence-corrected chi connectivity index (χ2v) is 7.01. The zero-order valence-electron chi connectivity index (χ0n) is 13.0. The molecule has 0 fully saturated rings. The largest absolute Gasteiger partial charge is 0.411 e. The van der Waals surface area contributed by atoms with Crippen LogP contribution in [0.25, 0.3) is 16.4 Å². The molecule has 0 aliphatic heterocycles. The molecular formula is C16H11FN4O2S2. The molecule has 3 heterocycles. The summed E-state index contributed by atoms with van der Waals surface area (Å²) in [6.07, 6.45) is 0. The molecule has 4 aromatic rings. The van der Waals surface area contributed by atoms with Gasteiger partial charge in [0, 0.05) is 28.5 Å². The van der Waals surface area contributed by atoms with Gasteiger partial charge in [-0.2, -0.15) is 0 Å². The van der Waals surface area contributed by atoms with Gasteiger partial charge >= 0.3 is 0 Å². The second kappa shape index (κ2) is 6.41. The van der Waals surface area contributed by atoms with Crippen LogP contribution in [0.1, 0.15) is 11.4 Å². The Bertz CT molecular complexity index is 1100. The molecule has 9 heteroatoms. The zero-order valence-corrected chi connectivity index (χ0v) is 14.6. The first-order chi connectivity index (χ1) is 12.1. The molecule has 0 amide bonds. The van der Waals surface area contributed by atoms with E-state index in [9.17, 15) is 9.18 Å². The molecular weight excluding hydrogens is 363 g/mol. The molecule has 0 radical (unpaired) electrons. The third kappa shape index (κ3) is 3.20. The quantitative estimate of drug-likeness (QED) is 0.509. The van der Waals surface area contributed by atoms with Gasteiger partial charge in [0.1, 0.15) is 5.82 Å². The lowest BCUT2D eigenvalue weighted by molar-refractivity contribution is 0.465. The molecule has 4 rings (SSSR count). The summed E-state index contributed by atoms with van der Waals surface area (Å²) in [6.45, 7) is 1.87. The van der Waals surface area contributed by atoms with Crippen LogP contribution in [-0.4, -0.2) is 19.6 Å². The summed E-state index contributed by atoms with van der Waals surface area (Å²) < 4.78 is 20.1. The number of aryl methyl sites for hydroxylation is 1. The van der Waals surface area contributed by atoms with E-state index < -0.39 is 0 Å². The van der Waals surface area contributed by atoms with Crippen molar-refractivity contribution in [3.8, 4) is 11.5 Å². The molecule has 6 nitrogen and oxygen atoms in total. The van der Waals surface area contributed by atoms with Gasteiger partial charge in [0.15, 0.2) is 4.96 Å². The van der Waals surface area contributed by atoms with Gasteiger partial charge in [-0.1, -0.05) is 11.8 Å². The van der Waals surface area contributed by atoms with Gasteiger partial charge in [0.05, 0.1) is 5.69 Å². The van der Waals surface area contributed by atoms with Crippen molar-refractivity contribution in [2.45, 2.75) is 17.9 Å². The van der Waals surface area contributed by atoms with E-state index in [1.807, 2.05) is 12.3 Å². The maximum absolute atomic E-state index is 13.0. The average molecular weight is 374 g/mol. The Morgan fingerprint density at radius 1 is 1.28 bits per heavy atom. The Morgan fingerprint density at radius 3 is 2.88 bits per heavy atom. The van der Waals surface area contributed by atoms with Crippen molar-refractivity contribution in [2.24, 2.45) is 0 Å². The lowest BCUT2D eigenvalue weighted by Gasteiger charge is -1.99. The highest BCUT2D eigenvalue weighted by atomic mass is 32.2. The van der Waals surface area contributed by atoms with E-state index in [1.54, 1.807) is 16.5 Å². The number of halogens is 1. The van der Waals surface area contributed by atoms with Crippen molar-refractivity contribution in [1.29, 1.82) is 0 Å². The summed E-state index contributed by atoms with van der Waals surface area (Å²) >= 11 is 2.72. The number of hydrogen-bond donors (Lipinski definition) is 0. The smallest absolute Gasteiger partial charge is 0.277 e. The SMILES string of the molecule is Cc1csc2nc(CSc3nnc(-c4ccc(F)cc4)o3)cc(=O)n12. The predicted octanol–water partition coefficient (Wildman–Crippen LogP) is 3.55. The van der Waals surface area contributed by atoms with Gasteiger partial charge in [0.25, 0.3) is 10.8 Å². The summed E-state index contributed by atoms with van der Waals surface area (Å²) in [5, 5.41) is 10.2. The van der Waals surface area contributed by atoms with Crippen LogP contribution in [0.5, 0.6) is 0 Å². The number of thioether (sulfide) groups is 1. The van der Waals surface area contributed by atoms with Crippen molar-refractivity contribution in [3.63, 3.8) is 0 Å². The molecule has 25 heavy (non-hydrogen) atoms. The first-order valence-electron chi connectivity index (χ1n) is 7.29. The van der Waals surface area contributed by atoms with Crippen molar-refractivity contribution in [3.05, 3.63) is 63.3 Å². The number of fused-ring (bicyclic) bond motifs is 1. The molecule has 0 aliphatic rings. The molecule has 1 aromatic carbocycles. The molecule has 0 N–H and O–H groups in total. The minimum Gasteiger partial charge on any atom is -0.411 e. The normalized spacial score (nSPS) is 11.3. The molecule has 0 aliphatic carbocycles. The predicted molar refractivity (Wildman–Crippen MR) is 93.3 cm³/mol. The standard InChI is InChI=1S/C16H11FN4O2S2/c1-9-7-24-15-18-12(6-13(22)21(9)15)8-25-16-20-19-14(23-16)10-2-4-11(17)5-3-10/h2-7H,8H2,1H3. The minimum absolute atomic E-state index is 0.100. The highest BCUT2D eigenvalue weighted by Gasteiger charge is 2.11. The van der Waals surface area contributed by atoms with E-state index in [4.69, 9.17) is 4.42 Å². The first-order valence-corrected chi connectivity index (χ1v) is 9.16. The molecule has 0 saturated carbocycles. The second-order valence-electron chi connectivity index (χ2n) is 5.25. The molecule has 0 atom stereocenters. The molecule has 0 bridgehead atoms. The fraction of sp³-hybridized carbons (Fsp3) is 0.125. The fourth-order valence-electron chi connectivity index (χ4n) is 2.29. The van der Waals surface area contributed by atoms with Gasteiger partial charge in [-0.15, -0.1) is 21.5 Å². The van der Waals surface area contributed by atoms with Gasteiger partial charge in [0.2, 0.25) is 5.89 Å². The van der Waals surface area contributed by atoms with Gasteiger partial charge in [-0.3, -0.25) is 9.20 Å². The Balaban J connectivity index is 1.52. The summed E-state index contributed by atoms with van der Waals surface area (Å²) in [6, 6.07) is 7.33. The van der Waals surface area contributed by atoms with Crippen molar-refractivity contribution in [2.75, 3.05) is 0 Å². The number of aromatic nitrogens is 4. The lowest BCUT2D eigenvalue weighted by Crippen LogP contribution is -2.14. The number of benzene rings is 1. The Morgan fingerprint density at radius 2 is 2.08 bits per heavy atom. The number of nitrogens with zero attached hydrogens (tertiary/aromatic N) is 4. The van der Waals surface area contributed by atoms with Crippen LogP contribution in [0.4, 0.5) is 4.39 Å². The van der Waals surface area contributed by atoms with E-state index >= 15 is 0 Å². The highest BCUT2D eigenvalue weighted by molar-refractivity contribution is 7.98. The van der Waals surface area contributed by atoms with Gasteiger partial charge in [-0.25, -0.2) is 9.37 Å². The summed E-state index contributed by atoms with van der Waals surface area (Å²) in [5.74, 6) is 0.433. The zero-order chi connectivity index (χ0) is 17.4. The fourth-order valence-corrected chi connectivity index (χ4v) is 3.83. The van der Waals surface area contributed by atoms with Crippen LogP contribution in [0.15, 0.2) is 50.1 Å². The van der Waals surface area contributed by atoms with Crippen LogP contribution >= 0.6 is 23.1 Å².